The van der Waals surface area contributed by atoms with Gasteiger partial charge in [-0.2, -0.15) is 0 Å². The van der Waals surface area contributed by atoms with Crippen LogP contribution in [0.15, 0.2) is 24.3 Å². The second kappa shape index (κ2) is 11.9. The Morgan fingerprint density at radius 2 is 1.66 bits per heavy atom. The van der Waals surface area contributed by atoms with Crippen LogP contribution in [0.4, 0.5) is 0 Å². The van der Waals surface area contributed by atoms with E-state index in [0.717, 1.165) is 43.7 Å². The third-order valence-corrected chi connectivity index (χ3v) is 6.17. The molecule has 1 aromatic carbocycles. The molecule has 1 aliphatic rings. The maximum atomic E-state index is 12.7. The van der Waals surface area contributed by atoms with Crippen LogP contribution in [0.5, 0.6) is 11.5 Å². The van der Waals surface area contributed by atoms with Crippen molar-refractivity contribution in [1.29, 1.82) is 0 Å². The van der Waals surface area contributed by atoms with E-state index in [-0.39, 0.29) is 36.5 Å². The third-order valence-electron chi connectivity index (χ3n) is 6.17. The van der Waals surface area contributed by atoms with Crippen LogP contribution in [0.2, 0.25) is 0 Å². The molecule has 0 bridgehead atoms. The molecule has 0 N–H and O–H groups in total. The number of ether oxygens (including phenoxy) is 3. The highest BCUT2D eigenvalue weighted by Crippen LogP contribution is 2.29. The summed E-state index contributed by atoms with van der Waals surface area (Å²) in [6, 6.07) is 6.70. The number of aromatic nitrogens is 1. The van der Waals surface area contributed by atoms with Gasteiger partial charge in [-0.15, -0.1) is 0 Å². The smallest absolute Gasteiger partial charge is 0.338 e. The third kappa shape index (κ3) is 6.44. The van der Waals surface area contributed by atoms with Crippen molar-refractivity contribution in [2.24, 2.45) is 0 Å². The molecule has 1 fully saturated rings. The molecule has 0 unspecified atom stereocenters. The van der Waals surface area contributed by atoms with E-state index in [2.05, 4.69) is 18.4 Å². The number of hydrogen-bond donors (Lipinski definition) is 0. The molecule has 0 aliphatic carbocycles. The fourth-order valence-electron chi connectivity index (χ4n) is 4.54. The van der Waals surface area contributed by atoms with Crippen molar-refractivity contribution in [2.45, 2.75) is 59.9 Å². The van der Waals surface area contributed by atoms with Crippen molar-refractivity contribution in [1.82, 2.24) is 9.47 Å². The van der Waals surface area contributed by atoms with Crippen molar-refractivity contribution < 1.29 is 28.6 Å². The predicted octanol–water partition coefficient (Wildman–Crippen LogP) is 4.52. The Morgan fingerprint density at radius 3 is 2.29 bits per heavy atom. The van der Waals surface area contributed by atoms with Gasteiger partial charge in [0.05, 0.1) is 12.2 Å². The lowest BCUT2D eigenvalue weighted by Gasteiger charge is -2.26. The lowest BCUT2D eigenvalue weighted by molar-refractivity contribution is -0.134. The Hall–Kier alpha value is -3.29. The molecule has 1 aliphatic heterocycles. The van der Waals surface area contributed by atoms with Crippen LogP contribution in [0, 0.1) is 13.8 Å². The van der Waals surface area contributed by atoms with E-state index in [0.29, 0.717) is 23.7 Å². The Bertz CT molecular complexity index is 1070. The highest BCUT2D eigenvalue weighted by atomic mass is 16.5. The van der Waals surface area contributed by atoms with Crippen molar-refractivity contribution in [3.63, 3.8) is 0 Å². The molecule has 0 saturated carbocycles. The van der Waals surface area contributed by atoms with Crippen LogP contribution in [0.3, 0.4) is 0 Å². The lowest BCUT2D eigenvalue weighted by Crippen LogP contribution is -2.38. The fraction of sp³-hybridized carbons (Fsp3) is 0.519. The highest BCUT2D eigenvalue weighted by Gasteiger charge is 2.21. The maximum Gasteiger partial charge on any atom is 0.338 e. The number of amides is 1. The van der Waals surface area contributed by atoms with Crippen molar-refractivity contribution in [3.05, 3.63) is 46.8 Å². The van der Waals surface area contributed by atoms with E-state index in [1.54, 1.807) is 12.1 Å². The largest absolute Gasteiger partial charge is 0.490 e. The minimum absolute atomic E-state index is 0.0639. The van der Waals surface area contributed by atoms with Gasteiger partial charge in [0.15, 0.2) is 24.7 Å². The SMILES string of the molecule is CCOc1cc(C(=O)OCC(=O)c2cc(C)n(C(C)C)c2C)ccc1OCC(=O)N1CCCCC1. The minimum Gasteiger partial charge on any atom is -0.490 e. The van der Waals surface area contributed by atoms with Gasteiger partial charge in [-0.05, 0) is 78.1 Å². The lowest BCUT2D eigenvalue weighted by atomic mass is 10.1. The van der Waals surface area contributed by atoms with E-state index < -0.39 is 5.97 Å². The minimum atomic E-state index is -0.632. The molecule has 1 saturated heterocycles. The van der Waals surface area contributed by atoms with Crippen LogP contribution in [-0.4, -0.2) is 60.0 Å². The zero-order valence-corrected chi connectivity index (χ0v) is 21.4. The first-order valence-electron chi connectivity index (χ1n) is 12.3. The summed E-state index contributed by atoms with van der Waals surface area (Å²) in [7, 11) is 0. The average molecular weight is 485 g/mol. The van der Waals surface area contributed by atoms with Gasteiger partial charge >= 0.3 is 5.97 Å². The number of Topliss-reactive ketones (excluding diaryl/α,β-unsaturated/α-hetero) is 1. The number of benzene rings is 1. The Balaban J connectivity index is 1.63. The van der Waals surface area contributed by atoms with E-state index in [1.807, 2.05) is 31.7 Å². The van der Waals surface area contributed by atoms with Crippen molar-refractivity contribution >= 4 is 17.7 Å². The number of nitrogens with zero attached hydrogens (tertiary/aromatic N) is 2. The van der Waals surface area contributed by atoms with Gasteiger partial charge in [0.25, 0.3) is 5.91 Å². The summed E-state index contributed by atoms with van der Waals surface area (Å²) in [5.41, 5.74) is 2.64. The van der Waals surface area contributed by atoms with Crippen LogP contribution < -0.4 is 9.47 Å². The maximum absolute atomic E-state index is 12.7. The second-order valence-corrected chi connectivity index (χ2v) is 9.07. The molecular formula is C27H36N2O6. The summed E-state index contributed by atoms with van der Waals surface area (Å²) < 4.78 is 18.7. The molecule has 1 amide bonds. The standard InChI is InChI=1S/C27H36N2O6/c1-6-33-25-15-21(10-11-24(25)34-17-26(31)28-12-8-7-9-13-28)27(32)35-16-23(30)22-14-19(4)29(18(2)3)20(22)5/h10-11,14-15,18H,6-9,12-13,16-17H2,1-5H3. The first kappa shape index (κ1) is 26.3. The topological polar surface area (TPSA) is 87.1 Å². The van der Waals surface area contributed by atoms with E-state index in [4.69, 9.17) is 14.2 Å². The molecule has 2 aromatic rings. The summed E-state index contributed by atoms with van der Waals surface area (Å²) in [5.74, 6) is -0.218. The van der Waals surface area contributed by atoms with Crippen molar-refractivity contribution in [2.75, 3.05) is 32.9 Å². The van der Waals surface area contributed by atoms with Gasteiger partial charge < -0.3 is 23.7 Å². The summed E-state index contributed by atoms with van der Waals surface area (Å²) in [4.78, 5) is 39.6. The van der Waals surface area contributed by atoms with Crippen LogP contribution in [-0.2, 0) is 9.53 Å². The monoisotopic (exact) mass is 484 g/mol. The highest BCUT2D eigenvalue weighted by molar-refractivity contribution is 6.00. The van der Waals surface area contributed by atoms with Crippen molar-refractivity contribution in [3.8, 4) is 11.5 Å². The number of likely N-dealkylation sites (tertiary alicyclic amines) is 1. The summed E-state index contributed by atoms with van der Waals surface area (Å²) in [6.07, 6.45) is 3.17. The molecule has 8 nitrogen and oxygen atoms in total. The number of rotatable bonds is 10. The second-order valence-electron chi connectivity index (χ2n) is 9.07. The molecule has 0 spiro atoms. The van der Waals surface area contributed by atoms with Crippen LogP contribution >= 0.6 is 0 Å². The summed E-state index contributed by atoms with van der Waals surface area (Å²) >= 11 is 0. The fourth-order valence-corrected chi connectivity index (χ4v) is 4.54. The molecular weight excluding hydrogens is 448 g/mol. The summed E-state index contributed by atoms with van der Waals surface area (Å²) in [5, 5.41) is 0. The number of hydrogen-bond acceptors (Lipinski definition) is 6. The van der Waals surface area contributed by atoms with Gasteiger partial charge in [-0.3, -0.25) is 9.59 Å². The molecule has 190 valence electrons. The molecule has 1 aromatic heterocycles. The number of esters is 1. The van der Waals surface area contributed by atoms with E-state index >= 15 is 0 Å². The first-order chi connectivity index (χ1) is 16.7. The molecule has 2 heterocycles. The number of aryl methyl sites for hydroxylation is 1. The molecule has 0 atom stereocenters. The molecule has 8 heteroatoms. The molecule has 35 heavy (non-hydrogen) atoms. The van der Waals surface area contributed by atoms with E-state index in [9.17, 15) is 14.4 Å². The quantitative estimate of drug-likeness (QED) is 0.364. The molecule has 3 rings (SSSR count). The first-order valence-corrected chi connectivity index (χ1v) is 12.3. The number of carbonyl (C=O) groups excluding carboxylic acids is 3. The van der Waals surface area contributed by atoms with Crippen LogP contribution in [0.25, 0.3) is 0 Å². The average Bonchev–Trinajstić information content (AvgIpc) is 3.15. The van der Waals surface area contributed by atoms with E-state index in [1.165, 1.54) is 6.07 Å². The summed E-state index contributed by atoms with van der Waals surface area (Å²) in [6.45, 7) is 11.2. The van der Waals surface area contributed by atoms with Gasteiger partial charge in [0.2, 0.25) is 5.78 Å². The van der Waals surface area contributed by atoms with Gasteiger partial charge in [-0.1, -0.05) is 0 Å². The van der Waals surface area contributed by atoms with Gasteiger partial charge in [0, 0.05) is 36.1 Å². The number of piperidine rings is 1. The van der Waals surface area contributed by atoms with Crippen LogP contribution in [0.1, 0.15) is 78.2 Å². The van der Waals surface area contributed by atoms with Gasteiger partial charge in [-0.25, -0.2) is 4.79 Å². The zero-order chi connectivity index (χ0) is 25.5. The Labute approximate surface area is 207 Å². The van der Waals surface area contributed by atoms with Gasteiger partial charge in [0.1, 0.15) is 0 Å². The Kier molecular flexibility index (Phi) is 8.95. The Morgan fingerprint density at radius 1 is 0.943 bits per heavy atom. The number of ketones is 1. The molecule has 0 radical (unpaired) electrons. The number of carbonyl (C=O) groups is 3. The zero-order valence-electron chi connectivity index (χ0n) is 21.4. The predicted molar refractivity (Wildman–Crippen MR) is 132 cm³/mol. The normalized spacial score (nSPS) is 13.6.